The molecule has 2 aliphatic rings. The minimum absolute atomic E-state index is 0.128. The van der Waals surface area contributed by atoms with E-state index in [9.17, 15) is 0 Å². The molecule has 1 nitrogen and oxygen atoms in total. The predicted molar refractivity (Wildman–Crippen MR) is 116 cm³/mol. The van der Waals surface area contributed by atoms with Gasteiger partial charge in [0, 0.05) is 0 Å². The second-order valence-electron chi connectivity index (χ2n) is 7.20. The predicted octanol–water partition coefficient (Wildman–Crippen LogP) is 4.95. The first-order valence-electron chi connectivity index (χ1n) is 9.36. The molecule has 0 saturated carbocycles. The summed E-state index contributed by atoms with van der Waals surface area (Å²) in [6.45, 7) is 0. The summed E-state index contributed by atoms with van der Waals surface area (Å²) in [4.78, 5) is 0. The number of rotatable bonds is 3. The summed E-state index contributed by atoms with van der Waals surface area (Å²) in [5.41, 5.74) is 2.71. The molecule has 0 spiro atoms. The van der Waals surface area contributed by atoms with Gasteiger partial charge in [-0.1, -0.05) is 0 Å². The fraction of sp³-hybridized carbons (Fsp3) is 0.217. The Morgan fingerprint density at radius 2 is 1.30 bits per heavy atom. The molecule has 0 amide bonds. The van der Waals surface area contributed by atoms with Crippen LogP contribution in [-0.4, -0.2) is 29.6 Å². The fourth-order valence-electron chi connectivity index (χ4n) is 4.39. The first-order valence-corrected chi connectivity index (χ1v) is 16.4. The molecule has 2 aliphatic heterocycles. The quantitative estimate of drug-likeness (QED) is 0.364. The Hall–Kier alpha value is -0.911. The molecule has 3 aromatic rings. The van der Waals surface area contributed by atoms with Crippen LogP contribution in [0, 0.1) is 0 Å². The van der Waals surface area contributed by atoms with Crippen LogP contribution < -0.4 is 5.30 Å². The van der Waals surface area contributed by atoms with Crippen molar-refractivity contribution in [2.45, 2.75) is 29.1 Å². The third kappa shape index (κ3) is 2.72. The standard InChI is InChI=1S/C23H21OPSe2/c26-25(21-15-8-3-9-16-21)22(19-11-4-1-5-12-19)17-10-18-23(24-22,27-25)20-13-6-2-7-14-20/h1-9,11-16H,10,17-18H2/t22-,23+,25-/m1/s1. The van der Waals surface area contributed by atoms with E-state index in [2.05, 4.69) is 106 Å². The second-order valence-corrected chi connectivity index (χ2v) is 22.7. The zero-order chi connectivity index (χ0) is 18.4. The number of fused-ring (bicyclic) bond motifs is 2. The Balaban J connectivity index is 1.76. The fourth-order valence-corrected chi connectivity index (χ4v) is 22.6. The normalized spacial score (nSPS) is 32.3. The van der Waals surface area contributed by atoms with E-state index < -0.39 is 4.20 Å². The number of hydrogen-bond acceptors (Lipinski definition) is 1. The van der Waals surface area contributed by atoms with Crippen molar-refractivity contribution in [1.29, 1.82) is 0 Å². The molecule has 0 unspecified atom stereocenters. The van der Waals surface area contributed by atoms with Crippen LogP contribution in [0.2, 0.25) is 0 Å². The Kier molecular flexibility index (Phi) is 4.60. The molecule has 0 aromatic heterocycles. The van der Waals surface area contributed by atoms with Gasteiger partial charge in [0.1, 0.15) is 0 Å². The van der Waals surface area contributed by atoms with Gasteiger partial charge in [-0.2, -0.15) is 0 Å². The van der Waals surface area contributed by atoms with Crippen LogP contribution in [0.15, 0.2) is 91.0 Å². The van der Waals surface area contributed by atoms with Crippen LogP contribution in [-0.2, 0) is 14.6 Å². The molecule has 3 aromatic carbocycles. The molecule has 27 heavy (non-hydrogen) atoms. The van der Waals surface area contributed by atoms with Gasteiger partial charge in [-0.15, -0.1) is 0 Å². The van der Waals surface area contributed by atoms with Crippen LogP contribution in [0.25, 0.3) is 0 Å². The van der Waals surface area contributed by atoms with Gasteiger partial charge in [-0.05, 0) is 0 Å². The molecule has 136 valence electrons. The molecule has 0 aliphatic carbocycles. The Bertz CT molecular complexity index is 993. The van der Waals surface area contributed by atoms with E-state index in [4.69, 9.17) is 4.74 Å². The summed E-state index contributed by atoms with van der Waals surface area (Å²) in [7, 11) is 0. The summed E-state index contributed by atoms with van der Waals surface area (Å²) in [6.07, 6.45) is 3.44. The first-order chi connectivity index (χ1) is 13.2. The topological polar surface area (TPSA) is 9.23 Å². The molecule has 2 fully saturated rings. The van der Waals surface area contributed by atoms with Crippen molar-refractivity contribution in [1.82, 2.24) is 0 Å². The van der Waals surface area contributed by atoms with Gasteiger partial charge < -0.3 is 0 Å². The molecule has 0 radical (unpaired) electrons. The Morgan fingerprint density at radius 3 is 1.93 bits per heavy atom. The Morgan fingerprint density at radius 1 is 0.741 bits per heavy atom. The van der Waals surface area contributed by atoms with E-state index in [1.54, 1.807) is 0 Å². The molecule has 4 heteroatoms. The van der Waals surface area contributed by atoms with Crippen LogP contribution in [0.1, 0.15) is 30.4 Å². The second kappa shape index (κ2) is 6.85. The van der Waals surface area contributed by atoms with Gasteiger partial charge >= 0.3 is 175 Å². The van der Waals surface area contributed by atoms with Crippen molar-refractivity contribution >= 4 is 39.1 Å². The van der Waals surface area contributed by atoms with E-state index in [0.717, 1.165) is 12.8 Å². The summed E-state index contributed by atoms with van der Waals surface area (Å²) in [6, 6.07) is 33.0. The van der Waals surface area contributed by atoms with Crippen LogP contribution in [0.4, 0.5) is 0 Å². The molecule has 2 bridgehead atoms. The monoisotopic (exact) mass is 504 g/mol. The van der Waals surface area contributed by atoms with Gasteiger partial charge in [0.15, 0.2) is 0 Å². The average Bonchev–Trinajstić information content (AvgIpc) is 2.94. The summed E-state index contributed by atoms with van der Waals surface area (Å²) >= 11 is 4.12. The zero-order valence-corrected chi connectivity index (χ0v) is 19.3. The van der Waals surface area contributed by atoms with Crippen molar-refractivity contribution in [3.63, 3.8) is 0 Å². The first kappa shape index (κ1) is 18.1. The molecular formula is C23H21OPSe2. The van der Waals surface area contributed by atoms with Gasteiger partial charge in [0.05, 0.1) is 0 Å². The van der Waals surface area contributed by atoms with E-state index >= 15 is 0 Å². The third-order valence-electron chi connectivity index (χ3n) is 5.64. The van der Waals surface area contributed by atoms with Crippen molar-refractivity contribution in [2.24, 2.45) is 0 Å². The number of benzene rings is 3. The molecule has 3 atom stereocenters. The summed E-state index contributed by atoms with van der Waals surface area (Å²) in [5.74, 6) is 0. The van der Waals surface area contributed by atoms with Crippen molar-refractivity contribution in [3.05, 3.63) is 102 Å². The van der Waals surface area contributed by atoms with Crippen molar-refractivity contribution in [2.75, 3.05) is 0 Å². The molecular weight excluding hydrogens is 481 g/mol. The Labute approximate surface area is 174 Å². The van der Waals surface area contributed by atoms with Gasteiger partial charge in [0.2, 0.25) is 0 Å². The SMILES string of the molecule is [Se]=[P@]1(c2ccccc2)[Se][C@]2(c3ccccc3)CCC[C@@]1(c1ccccc1)O2. The van der Waals surface area contributed by atoms with Crippen molar-refractivity contribution < 1.29 is 4.74 Å². The maximum atomic E-state index is 7.26. The van der Waals surface area contributed by atoms with Crippen LogP contribution in [0.3, 0.4) is 0 Å². The molecule has 5 rings (SSSR count). The van der Waals surface area contributed by atoms with Gasteiger partial charge in [0.25, 0.3) is 0 Å². The zero-order valence-electron chi connectivity index (χ0n) is 15.0. The molecule has 2 heterocycles. The minimum atomic E-state index is -1.64. The van der Waals surface area contributed by atoms with Crippen LogP contribution in [0.5, 0.6) is 0 Å². The van der Waals surface area contributed by atoms with E-state index in [1.807, 2.05) is 0 Å². The van der Waals surface area contributed by atoms with E-state index in [-0.39, 0.29) is 9.84 Å². The molecule has 2 saturated heterocycles. The van der Waals surface area contributed by atoms with Crippen molar-refractivity contribution in [3.8, 4) is 0 Å². The average molecular weight is 502 g/mol. The summed E-state index contributed by atoms with van der Waals surface area (Å²) in [5, 5.41) is 1.26. The van der Waals surface area contributed by atoms with Gasteiger partial charge in [-0.25, -0.2) is 0 Å². The maximum absolute atomic E-state index is 7.26. The number of hydrogen-bond donors (Lipinski definition) is 0. The molecule has 0 N–H and O–H groups in total. The summed E-state index contributed by atoms with van der Waals surface area (Å²) < 4.78 is 5.49. The number of ether oxygens (including phenoxy) is 1. The van der Waals surface area contributed by atoms with Gasteiger partial charge in [-0.3, -0.25) is 0 Å². The van der Waals surface area contributed by atoms with E-state index in [0.29, 0.717) is 14.5 Å². The van der Waals surface area contributed by atoms with E-state index in [1.165, 1.54) is 22.9 Å². The van der Waals surface area contributed by atoms with Crippen LogP contribution >= 0.6 is 4.20 Å². The third-order valence-corrected chi connectivity index (χ3v) is 22.1.